The first-order valence-corrected chi connectivity index (χ1v) is 5.84. The van der Waals surface area contributed by atoms with Crippen LogP contribution < -0.4 is 5.32 Å². The van der Waals surface area contributed by atoms with Gasteiger partial charge < -0.3 is 5.32 Å². The van der Waals surface area contributed by atoms with Gasteiger partial charge in [0.15, 0.2) is 0 Å². The van der Waals surface area contributed by atoms with E-state index >= 15 is 0 Å². The molecule has 0 amide bonds. The summed E-state index contributed by atoms with van der Waals surface area (Å²) in [7, 11) is 0. The van der Waals surface area contributed by atoms with E-state index in [1.54, 1.807) is 0 Å². The van der Waals surface area contributed by atoms with Gasteiger partial charge in [-0.2, -0.15) is 0 Å². The highest BCUT2D eigenvalue weighted by atomic mass is 14.9. The van der Waals surface area contributed by atoms with Crippen LogP contribution in [0.4, 0.5) is 0 Å². The Bertz CT molecular complexity index is 142. The number of hydrogen-bond donors (Lipinski definition) is 1. The Kier molecular flexibility index (Phi) is 4.24. The maximum absolute atomic E-state index is 3.70. The lowest BCUT2D eigenvalue weighted by Gasteiger charge is -2.35. The van der Waals surface area contributed by atoms with Gasteiger partial charge in [-0.05, 0) is 30.7 Å². The quantitative estimate of drug-likeness (QED) is 0.709. The summed E-state index contributed by atoms with van der Waals surface area (Å²) in [5.41, 5.74) is 0. The van der Waals surface area contributed by atoms with Crippen molar-refractivity contribution < 1.29 is 0 Å². The average molecular weight is 183 g/mol. The molecular weight excluding hydrogens is 158 g/mol. The summed E-state index contributed by atoms with van der Waals surface area (Å²) in [4.78, 5) is 0. The first kappa shape index (κ1) is 11.0. The van der Waals surface area contributed by atoms with Crippen LogP contribution in [0.15, 0.2) is 0 Å². The van der Waals surface area contributed by atoms with Crippen molar-refractivity contribution in [3.63, 3.8) is 0 Å². The topological polar surface area (TPSA) is 12.0 Å². The van der Waals surface area contributed by atoms with Gasteiger partial charge in [-0.1, -0.05) is 40.5 Å². The van der Waals surface area contributed by atoms with Crippen LogP contribution in [0.3, 0.4) is 0 Å². The highest BCUT2D eigenvalue weighted by molar-refractivity contribution is 4.82. The number of nitrogens with one attached hydrogen (secondary N) is 1. The SMILES string of the molecule is CC(C)CNC1CCCC(C)C1C. The van der Waals surface area contributed by atoms with Gasteiger partial charge in [0.05, 0.1) is 0 Å². The summed E-state index contributed by atoms with van der Waals surface area (Å²) >= 11 is 0. The molecule has 1 heteroatoms. The minimum atomic E-state index is 0.782. The van der Waals surface area contributed by atoms with Gasteiger partial charge >= 0.3 is 0 Å². The van der Waals surface area contributed by atoms with E-state index in [-0.39, 0.29) is 0 Å². The third kappa shape index (κ3) is 3.30. The van der Waals surface area contributed by atoms with E-state index in [9.17, 15) is 0 Å². The minimum absolute atomic E-state index is 0.782. The van der Waals surface area contributed by atoms with Crippen LogP contribution in [0, 0.1) is 17.8 Å². The molecule has 78 valence electrons. The van der Waals surface area contributed by atoms with Crippen molar-refractivity contribution in [2.75, 3.05) is 6.54 Å². The van der Waals surface area contributed by atoms with Crippen molar-refractivity contribution in [2.24, 2.45) is 17.8 Å². The molecule has 0 spiro atoms. The van der Waals surface area contributed by atoms with E-state index in [1.165, 1.54) is 25.8 Å². The van der Waals surface area contributed by atoms with Gasteiger partial charge in [-0.3, -0.25) is 0 Å². The molecule has 0 heterocycles. The lowest BCUT2D eigenvalue weighted by Crippen LogP contribution is -2.42. The molecule has 13 heavy (non-hydrogen) atoms. The van der Waals surface area contributed by atoms with Crippen molar-refractivity contribution >= 4 is 0 Å². The van der Waals surface area contributed by atoms with E-state index in [1.807, 2.05) is 0 Å². The molecule has 1 saturated carbocycles. The summed E-state index contributed by atoms with van der Waals surface area (Å²) in [6.07, 6.45) is 4.24. The lowest BCUT2D eigenvalue weighted by atomic mass is 9.78. The normalized spacial score (nSPS) is 35.3. The van der Waals surface area contributed by atoms with Gasteiger partial charge in [0, 0.05) is 6.04 Å². The minimum Gasteiger partial charge on any atom is -0.313 e. The van der Waals surface area contributed by atoms with Crippen molar-refractivity contribution in [1.82, 2.24) is 5.32 Å². The molecule has 3 atom stereocenters. The zero-order valence-electron chi connectivity index (χ0n) is 9.64. The first-order chi connectivity index (χ1) is 6.11. The summed E-state index contributed by atoms with van der Waals surface area (Å²) in [5, 5.41) is 3.70. The largest absolute Gasteiger partial charge is 0.313 e. The molecule has 0 saturated heterocycles. The average Bonchev–Trinajstić information content (AvgIpc) is 2.07. The molecule has 1 fully saturated rings. The highest BCUT2D eigenvalue weighted by Crippen LogP contribution is 2.29. The summed E-state index contributed by atoms with van der Waals surface area (Å²) < 4.78 is 0. The lowest BCUT2D eigenvalue weighted by molar-refractivity contribution is 0.203. The maximum Gasteiger partial charge on any atom is 0.00953 e. The standard InChI is InChI=1S/C12H25N/c1-9(2)8-13-12-7-5-6-10(3)11(12)4/h9-13H,5-8H2,1-4H3. The summed E-state index contributed by atoms with van der Waals surface area (Å²) in [5.74, 6) is 2.57. The molecule has 1 aliphatic carbocycles. The van der Waals surface area contributed by atoms with Crippen LogP contribution in [0.2, 0.25) is 0 Å². The van der Waals surface area contributed by atoms with Crippen molar-refractivity contribution in [2.45, 2.75) is 53.0 Å². The molecule has 0 aromatic carbocycles. The maximum atomic E-state index is 3.70. The molecule has 1 nitrogen and oxygen atoms in total. The van der Waals surface area contributed by atoms with Crippen LogP contribution in [-0.4, -0.2) is 12.6 Å². The first-order valence-electron chi connectivity index (χ1n) is 5.84. The monoisotopic (exact) mass is 183 g/mol. The number of hydrogen-bond acceptors (Lipinski definition) is 1. The predicted molar refractivity (Wildman–Crippen MR) is 58.8 cm³/mol. The molecule has 1 aliphatic rings. The number of rotatable bonds is 3. The van der Waals surface area contributed by atoms with Crippen LogP contribution >= 0.6 is 0 Å². The smallest absolute Gasteiger partial charge is 0.00953 e. The van der Waals surface area contributed by atoms with Crippen LogP contribution in [0.25, 0.3) is 0 Å². The third-order valence-electron chi connectivity index (χ3n) is 3.50. The van der Waals surface area contributed by atoms with Gasteiger partial charge in [-0.25, -0.2) is 0 Å². The highest BCUT2D eigenvalue weighted by Gasteiger charge is 2.26. The molecule has 0 aliphatic heterocycles. The Balaban J connectivity index is 2.31. The molecule has 0 radical (unpaired) electrons. The Morgan fingerprint density at radius 1 is 1.23 bits per heavy atom. The zero-order valence-corrected chi connectivity index (χ0v) is 9.64. The van der Waals surface area contributed by atoms with Crippen molar-refractivity contribution in [3.8, 4) is 0 Å². The molecule has 0 aromatic heterocycles. The Morgan fingerprint density at radius 3 is 2.54 bits per heavy atom. The van der Waals surface area contributed by atoms with E-state index < -0.39 is 0 Å². The van der Waals surface area contributed by atoms with E-state index in [2.05, 4.69) is 33.0 Å². The molecule has 0 bridgehead atoms. The van der Waals surface area contributed by atoms with Gasteiger partial charge in [-0.15, -0.1) is 0 Å². The van der Waals surface area contributed by atoms with E-state index in [0.717, 1.165) is 23.8 Å². The van der Waals surface area contributed by atoms with Gasteiger partial charge in [0.25, 0.3) is 0 Å². The molecule has 1 N–H and O–H groups in total. The summed E-state index contributed by atoms with van der Waals surface area (Å²) in [6.45, 7) is 10.5. The molecule has 1 rings (SSSR count). The molecule has 3 unspecified atom stereocenters. The second-order valence-electron chi connectivity index (χ2n) is 5.18. The molecular formula is C12H25N. The fourth-order valence-electron chi connectivity index (χ4n) is 2.26. The second-order valence-corrected chi connectivity index (χ2v) is 5.18. The Morgan fingerprint density at radius 2 is 1.92 bits per heavy atom. The van der Waals surface area contributed by atoms with Crippen molar-refractivity contribution in [1.29, 1.82) is 0 Å². The van der Waals surface area contributed by atoms with Crippen LogP contribution in [0.5, 0.6) is 0 Å². The fraction of sp³-hybridized carbons (Fsp3) is 1.00. The zero-order chi connectivity index (χ0) is 9.84. The summed E-state index contributed by atoms with van der Waals surface area (Å²) in [6, 6.07) is 0.783. The van der Waals surface area contributed by atoms with Crippen LogP contribution in [0.1, 0.15) is 47.0 Å². The Hall–Kier alpha value is -0.0400. The Labute approximate surface area is 83.3 Å². The van der Waals surface area contributed by atoms with Gasteiger partial charge in [0.1, 0.15) is 0 Å². The van der Waals surface area contributed by atoms with Crippen LogP contribution in [-0.2, 0) is 0 Å². The fourth-order valence-corrected chi connectivity index (χ4v) is 2.26. The second kappa shape index (κ2) is 4.99. The third-order valence-corrected chi connectivity index (χ3v) is 3.50. The van der Waals surface area contributed by atoms with E-state index in [4.69, 9.17) is 0 Å². The van der Waals surface area contributed by atoms with Gasteiger partial charge in [0.2, 0.25) is 0 Å². The van der Waals surface area contributed by atoms with E-state index in [0.29, 0.717) is 0 Å². The molecule has 0 aromatic rings. The van der Waals surface area contributed by atoms with Crippen molar-refractivity contribution in [3.05, 3.63) is 0 Å². The predicted octanol–water partition coefficient (Wildman–Crippen LogP) is 3.06.